The molecule has 0 bridgehead atoms. The molecule has 11 nitrogen and oxygen atoms in total. The maximum absolute atomic E-state index is 13.0. The van der Waals surface area contributed by atoms with Crippen LogP contribution in [0.15, 0.2) is 24.3 Å². The van der Waals surface area contributed by atoms with Crippen LogP contribution in [0.2, 0.25) is 0 Å². The molecule has 0 saturated carbocycles. The van der Waals surface area contributed by atoms with Crippen LogP contribution < -0.4 is 5.32 Å². The molecule has 0 aromatic rings. The molecular weight excluding hydrogens is 1040 g/mol. The minimum absolute atomic E-state index is 0.0116. The Morgan fingerprint density at radius 1 is 0.434 bits per heavy atom. The Labute approximate surface area is 511 Å². The monoisotopic (exact) mass is 1180 g/mol. The van der Waals surface area contributed by atoms with Gasteiger partial charge in [0.2, 0.25) is 5.91 Å². The van der Waals surface area contributed by atoms with Crippen molar-refractivity contribution < 1.29 is 49.3 Å². The molecule has 0 radical (unpaired) electrons. The third-order valence-corrected chi connectivity index (χ3v) is 17.3. The van der Waals surface area contributed by atoms with E-state index in [0.29, 0.717) is 19.4 Å². The molecule has 83 heavy (non-hydrogen) atoms. The second-order valence-corrected chi connectivity index (χ2v) is 25.3. The number of amides is 1. The Kier molecular flexibility index (Phi) is 58.9. The van der Waals surface area contributed by atoms with Gasteiger partial charge in [0.1, 0.15) is 24.4 Å². The molecule has 6 N–H and O–H groups in total. The van der Waals surface area contributed by atoms with E-state index in [1.54, 1.807) is 6.08 Å². The Morgan fingerprint density at radius 3 is 1.16 bits per heavy atom. The fourth-order valence-corrected chi connectivity index (χ4v) is 11.6. The summed E-state index contributed by atoms with van der Waals surface area (Å²) in [5, 5.41) is 54.4. The average Bonchev–Trinajstić information content (AvgIpc) is 3.68. The quantitative estimate of drug-likeness (QED) is 0.0195. The summed E-state index contributed by atoms with van der Waals surface area (Å²) in [6, 6.07) is -0.806. The fraction of sp³-hybridized carbons (Fsp3) is 0.917. The van der Waals surface area contributed by atoms with Gasteiger partial charge in [0.05, 0.1) is 32.0 Å². The van der Waals surface area contributed by atoms with Crippen LogP contribution in [0.25, 0.3) is 0 Å². The Morgan fingerprint density at radius 2 is 0.771 bits per heavy atom. The summed E-state index contributed by atoms with van der Waals surface area (Å²) in [6.45, 7) is 4.37. The number of aliphatic hydroxyl groups is 5. The van der Waals surface area contributed by atoms with Crippen molar-refractivity contribution in [3.63, 3.8) is 0 Å². The highest BCUT2D eigenvalue weighted by atomic mass is 16.7. The van der Waals surface area contributed by atoms with Gasteiger partial charge in [-0.05, 0) is 57.8 Å². The summed E-state index contributed by atoms with van der Waals surface area (Å²) >= 11 is 0. The van der Waals surface area contributed by atoms with Gasteiger partial charge in [0.25, 0.3) is 0 Å². The van der Waals surface area contributed by atoms with Crippen LogP contribution in [0.1, 0.15) is 361 Å². The Balaban J connectivity index is 1.93. The summed E-state index contributed by atoms with van der Waals surface area (Å²) in [5.74, 6) is -0.166. The van der Waals surface area contributed by atoms with E-state index in [2.05, 4.69) is 31.3 Å². The number of hydrogen-bond donors (Lipinski definition) is 6. The Bertz CT molecular complexity index is 1430. The van der Waals surface area contributed by atoms with Crippen molar-refractivity contribution in [2.45, 2.75) is 403 Å². The highest BCUT2D eigenvalue weighted by molar-refractivity contribution is 5.76. The second kappa shape index (κ2) is 61.8. The van der Waals surface area contributed by atoms with Crippen LogP contribution in [0.5, 0.6) is 0 Å². The third-order valence-electron chi connectivity index (χ3n) is 17.3. The maximum Gasteiger partial charge on any atom is 0.305 e. The number of esters is 1. The lowest BCUT2D eigenvalue weighted by atomic mass is 9.99. The lowest BCUT2D eigenvalue weighted by molar-refractivity contribution is -0.302. The van der Waals surface area contributed by atoms with Gasteiger partial charge >= 0.3 is 5.97 Å². The molecule has 7 atom stereocenters. The molecule has 1 heterocycles. The van der Waals surface area contributed by atoms with E-state index in [1.165, 1.54) is 283 Å². The van der Waals surface area contributed by atoms with Crippen LogP contribution in [-0.4, -0.2) is 100 Å². The number of carbonyl (C=O) groups is 2. The summed E-state index contributed by atoms with van der Waals surface area (Å²) in [7, 11) is 0. The van der Waals surface area contributed by atoms with Crippen LogP contribution in [-0.2, 0) is 23.8 Å². The van der Waals surface area contributed by atoms with Gasteiger partial charge in [0, 0.05) is 12.8 Å². The van der Waals surface area contributed by atoms with Crippen LogP contribution in [0, 0.1) is 0 Å². The van der Waals surface area contributed by atoms with Gasteiger partial charge in [-0.2, -0.15) is 0 Å². The van der Waals surface area contributed by atoms with Gasteiger partial charge in [-0.3, -0.25) is 9.59 Å². The molecule has 490 valence electrons. The molecule has 1 amide bonds. The van der Waals surface area contributed by atoms with Crippen molar-refractivity contribution in [3.8, 4) is 0 Å². The van der Waals surface area contributed by atoms with E-state index >= 15 is 0 Å². The van der Waals surface area contributed by atoms with E-state index in [0.717, 1.165) is 51.4 Å². The molecule has 1 saturated heterocycles. The first-order valence-corrected chi connectivity index (χ1v) is 36.1. The lowest BCUT2D eigenvalue weighted by Gasteiger charge is -2.40. The van der Waals surface area contributed by atoms with Crippen molar-refractivity contribution in [1.29, 1.82) is 0 Å². The summed E-state index contributed by atoms with van der Waals surface area (Å²) in [4.78, 5) is 25.1. The molecule has 1 rings (SSSR count). The van der Waals surface area contributed by atoms with Gasteiger partial charge in [-0.15, -0.1) is 0 Å². The number of unbranched alkanes of at least 4 members (excludes halogenated alkanes) is 48. The largest absolute Gasteiger partial charge is 0.466 e. The number of allylic oxidation sites excluding steroid dienone is 3. The van der Waals surface area contributed by atoms with Crippen molar-refractivity contribution in [1.82, 2.24) is 5.32 Å². The van der Waals surface area contributed by atoms with E-state index in [1.807, 2.05) is 6.08 Å². The molecule has 0 spiro atoms. The fourth-order valence-electron chi connectivity index (χ4n) is 11.6. The SMILES string of the molecule is CCCCCCCCCCC/C=C/C(O)C(COC1OC(CO)C(O)C(O)C1O)NC(=O)CCCCCCCCCCCCCCCCCCC/C=C\CCCCCCCCCCCCCCOC(=O)CCCCCCCCCCCCC. The topological polar surface area (TPSA) is 175 Å². The number of nitrogens with one attached hydrogen (secondary N) is 1. The molecule has 7 unspecified atom stereocenters. The summed E-state index contributed by atoms with van der Waals surface area (Å²) in [6.07, 6.45) is 67.6. The molecule has 0 aliphatic carbocycles. The number of hydrogen-bond acceptors (Lipinski definition) is 10. The highest BCUT2D eigenvalue weighted by Gasteiger charge is 2.44. The van der Waals surface area contributed by atoms with E-state index in [-0.39, 0.29) is 18.5 Å². The van der Waals surface area contributed by atoms with Gasteiger partial charge in [-0.25, -0.2) is 0 Å². The first-order valence-electron chi connectivity index (χ1n) is 36.1. The first-order chi connectivity index (χ1) is 40.7. The normalized spacial score (nSPS) is 18.2. The van der Waals surface area contributed by atoms with E-state index in [9.17, 15) is 35.1 Å². The van der Waals surface area contributed by atoms with Crippen LogP contribution in [0.4, 0.5) is 0 Å². The minimum atomic E-state index is -1.57. The molecule has 1 aliphatic heterocycles. The number of carbonyl (C=O) groups excluding carboxylic acids is 2. The average molecular weight is 1180 g/mol. The second-order valence-electron chi connectivity index (χ2n) is 25.3. The molecule has 11 heteroatoms. The zero-order valence-corrected chi connectivity index (χ0v) is 54.4. The zero-order valence-electron chi connectivity index (χ0n) is 54.4. The lowest BCUT2D eigenvalue weighted by Crippen LogP contribution is -2.60. The number of aliphatic hydroxyl groups excluding tert-OH is 5. The van der Waals surface area contributed by atoms with E-state index < -0.39 is 49.5 Å². The molecular formula is C72H137NO10. The number of ether oxygens (including phenoxy) is 3. The predicted octanol–water partition coefficient (Wildman–Crippen LogP) is 18.4. The van der Waals surface area contributed by atoms with Gasteiger partial charge in [0.15, 0.2) is 6.29 Å². The van der Waals surface area contributed by atoms with E-state index in [4.69, 9.17) is 14.2 Å². The summed E-state index contributed by atoms with van der Waals surface area (Å²) in [5.41, 5.74) is 0. The molecule has 1 fully saturated rings. The molecule has 0 aromatic carbocycles. The van der Waals surface area contributed by atoms with Crippen molar-refractivity contribution in [2.24, 2.45) is 0 Å². The highest BCUT2D eigenvalue weighted by Crippen LogP contribution is 2.23. The van der Waals surface area contributed by atoms with Crippen molar-refractivity contribution >= 4 is 11.9 Å². The van der Waals surface area contributed by atoms with Crippen LogP contribution in [0.3, 0.4) is 0 Å². The van der Waals surface area contributed by atoms with Crippen molar-refractivity contribution in [2.75, 3.05) is 19.8 Å². The smallest absolute Gasteiger partial charge is 0.305 e. The first kappa shape index (κ1) is 79.2. The molecule has 1 aliphatic rings. The molecule has 0 aromatic heterocycles. The number of rotatable bonds is 64. The standard InChI is InChI=1S/C72H137NO10/c1-3-5-7-9-11-13-38-42-46-50-54-58-65(75)64(63-82-72-71(80)70(79)69(78)66(62-74)83-72)73-67(76)59-55-51-47-43-40-36-34-32-30-28-26-24-22-20-18-16-15-17-19-21-23-25-27-29-31-33-35-37-41-45-49-53-57-61-81-68(77)60-56-52-48-44-39-14-12-10-8-6-4-2/h19,21,54,58,64-66,69-72,74-75,78-80H,3-18,20,22-53,55-57,59-63H2,1-2H3,(H,73,76)/b21-19-,58-54+. The minimum Gasteiger partial charge on any atom is -0.466 e. The zero-order chi connectivity index (χ0) is 60.2. The Hall–Kier alpha value is -1.86. The maximum atomic E-state index is 13.0. The van der Waals surface area contributed by atoms with Gasteiger partial charge < -0.3 is 45.1 Å². The third kappa shape index (κ3) is 50.8. The van der Waals surface area contributed by atoms with Gasteiger partial charge in [-0.1, -0.05) is 314 Å². The van der Waals surface area contributed by atoms with Crippen LogP contribution >= 0.6 is 0 Å². The van der Waals surface area contributed by atoms with Crippen molar-refractivity contribution in [3.05, 3.63) is 24.3 Å². The summed E-state index contributed by atoms with van der Waals surface area (Å²) < 4.78 is 16.7. The predicted molar refractivity (Wildman–Crippen MR) is 348 cm³/mol.